The zero-order chi connectivity index (χ0) is 59.5. The summed E-state index contributed by atoms with van der Waals surface area (Å²) < 4.78 is 8.29. The number of aromatic hydroxyl groups is 2. The number of aryl methyl sites for hydroxylation is 1. The van der Waals surface area contributed by atoms with Crippen LogP contribution >= 0.6 is 0 Å². The minimum absolute atomic E-state index is 0.000526. The normalized spacial score (nSPS) is 20.0. The predicted molar refractivity (Wildman–Crippen MR) is 327 cm³/mol. The Labute approximate surface area is 498 Å². The van der Waals surface area contributed by atoms with Crippen molar-refractivity contribution in [2.45, 2.75) is 103 Å². The van der Waals surface area contributed by atoms with Gasteiger partial charge in [0, 0.05) is 118 Å². The van der Waals surface area contributed by atoms with E-state index in [1.165, 1.54) is 34.2 Å². The van der Waals surface area contributed by atoms with Gasteiger partial charge in [0.25, 0.3) is 5.91 Å². The van der Waals surface area contributed by atoms with Crippen LogP contribution in [0.5, 0.6) is 17.5 Å². The molecule has 0 radical (unpaired) electrons. The number of fused-ring (bicyclic) bond motifs is 2. The van der Waals surface area contributed by atoms with Gasteiger partial charge in [-0.3, -0.25) is 33.7 Å². The van der Waals surface area contributed by atoms with E-state index in [4.69, 9.17) is 14.7 Å². The molecule has 11 rings (SSSR count). The maximum absolute atomic E-state index is 14.0. The zero-order valence-electron chi connectivity index (χ0n) is 49.8. The third-order valence-corrected chi connectivity index (χ3v) is 18.3. The third kappa shape index (κ3) is 12.4. The average Bonchev–Trinajstić information content (AvgIpc) is 3.37. The maximum Gasteiger partial charge on any atom is 0.318 e. The van der Waals surface area contributed by atoms with E-state index in [2.05, 4.69) is 108 Å². The van der Waals surface area contributed by atoms with E-state index in [-0.39, 0.29) is 65.3 Å². The Morgan fingerprint density at radius 2 is 1.60 bits per heavy atom. The van der Waals surface area contributed by atoms with Gasteiger partial charge in [-0.1, -0.05) is 62.9 Å². The number of piperazine rings is 2. The van der Waals surface area contributed by atoms with Crippen LogP contribution in [0.3, 0.4) is 0 Å². The molecule has 5 aliphatic heterocycles. The first-order valence-electron chi connectivity index (χ1n) is 30.3. The van der Waals surface area contributed by atoms with Gasteiger partial charge in [-0.15, -0.1) is 10.2 Å². The summed E-state index contributed by atoms with van der Waals surface area (Å²) in [7, 11) is 2.20. The number of ether oxygens (including phenoxy) is 1. The summed E-state index contributed by atoms with van der Waals surface area (Å²) in [6, 6.07) is 26.8. The van der Waals surface area contributed by atoms with E-state index in [1.807, 2.05) is 45.0 Å². The first-order valence-corrected chi connectivity index (χ1v) is 30.3. The summed E-state index contributed by atoms with van der Waals surface area (Å²) in [5.74, 6) is 0.711. The van der Waals surface area contributed by atoms with Crippen molar-refractivity contribution in [1.29, 1.82) is 5.26 Å². The van der Waals surface area contributed by atoms with Crippen LogP contribution < -0.4 is 19.9 Å². The van der Waals surface area contributed by atoms with Crippen molar-refractivity contribution in [1.82, 2.24) is 54.5 Å². The minimum Gasteiger partial charge on any atom is -0.508 e. The molecule has 6 aromatic rings. The number of anilines is 2. The van der Waals surface area contributed by atoms with Gasteiger partial charge in [0.15, 0.2) is 5.82 Å². The molecule has 4 saturated heterocycles. The number of amides is 3. The molecule has 446 valence electrons. The van der Waals surface area contributed by atoms with Crippen LogP contribution in [0.15, 0.2) is 85.5 Å². The lowest BCUT2D eigenvalue weighted by molar-refractivity contribution is -0.139. The van der Waals surface area contributed by atoms with E-state index in [0.717, 1.165) is 114 Å². The average molecular weight is 1150 g/mol. The van der Waals surface area contributed by atoms with E-state index < -0.39 is 5.91 Å². The molecule has 0 bridgehead atoms. The molecule has 85 heavy (non-hydrogen) atoms. The molecule has 0 aliphatic carbocycles. The van der Waals surface area contributed by atoms with Gasteiger partial charge in [-0.05, 0) is 124 Å². The molecule has 0 saturated carbocycles. The minimum atomic E-state index is -0.392. The van der Waals surface area contributed by atoms with Crippen molar-refractivity contribution in [2.75, 3.05) is 102 Å². The van der Waals surface area contributed by atoms with Crippen LogP contribution in [0.4, 0.5) is 11.5 Å². The molecule has 4 fully saturated rings. The molecule has 3 amide bonds. The summed E-state index contributed by atoms with van der Waals surface area (Å²) in [5, 5.41) is 45.2. The Morgan fingerprint density at radius 1 is 0.847 bits per heavy atom. The van der Waals surface area contributed by atoms with Crippen molar-refractivity contribution in [3.05, 3.63) is 119 Å². The van der Waals surface area contributed by atoms with E-state index >= 15 is 0 Å². The van der Waals surface area contributed by atoms with Gasteiger partial charge in [0.05, 0.1) is 36.3 Å². The summed E-state index contributed by atoms with van der Waals surface area (Å²) in [5.41, 5.74) is 7.20. The molecule has 4 aromatic carbocycles. The Hall–Kier alpha value is -8.12. The van der Waals surface area contributed by atoms with Crippen LogP contribution in [0, 0.1) is 24.2 Å². The number of nitrogens with one attached hydrogen (secondary N) is 1. The number of aromatic nitrogens is 5. The second-order valence-electron chi connectivity index (χ2n) is 23.9. The number of likely N-dealkylation sites (tertiary alicyclic amines) is 2. The molecule has 5 aliphatic rings. The standard InChI is InChI=1S/C65H80N14O6/c1-7-58(82)78-34-33-77(39-49(78)21-25-66)60-51-24-28-76(55-14-10-13-45-12-9-11-43(5)59(45)55)40-54(51)68-65(69-60)85-41-50-20-19-48(72(50)6)38-74-29-31-75(32-30-74)64(84)46-22-26-73(27-23-46)37-44-15-17-47(18-16-44)79-61(70-71-62(79)63(83)67-8-2)53-35-52(42(3)4)56(80)36-57(53)81/h7,9-18,35-36,42,46,48-50,80-81H,1,8,19-24,26-34,37-41H2,2-6H3,(H,67,83)/t48-,49+,50+/m1/s1. The third-order valence-electron chi connectivity index (χ3n) is 18.3. The second-order valence-corrected chi connectivity index (χ2v) is 23.9. The number of likely N-dealkylation sites (N-methyl/N-ethyl adjacent to an activating group) is 1. The molecule has 7 heterocycles. The Morgan fingerprint density at radius 3 is 2.33 bits per heavy atom. The number of carbonyl (C=O) groups excluding carboxylic acids is 3. The molecule has 3 N–H and O–H groups in total. The summed E-state index contributed by atoms with van der Waals surface area (Å²) in [6.45, 7) is 21.8. The van der Waals surface area contributed by atoms with Crippen LogP contribution in [0.25, 0.3) is 27.8 Å². The van der Waals surface area contributed by atoms with Crippen LogP contribution in [-0.2, 0) is 29.1 Å². The predicted octanol–water partition coefficient (Wildman–Crippen LogP) is 7.05. The highest BCUT2D eigenvalue weighted by atomic mass is 16.5. The number of nitrogens with zero attached hydrogens (tertiary/aromatic N) is 13. The molecule has 3 atom stereocenters. The van der Waals surface area contributed by atoms with Gasteiger partial charge in [-0.2, -0.15) is 15.2 Å². The SMILES string of the molecule is C=CC(=O)N1CCN(c2nc(OC[C@@H]3CC[C@H](CN4CCN(C(=O)C5CCN(Cc6ccc(-n7c(C(=O)NCC)nnc7-c7cc(C(C)C)c(O)cc7O)cc6)CC5)CC4)N3C)nc3c2CCN(c2cccc4cccc(C)c24)C3)C[C@@H]1CC#N. The number of phenols is 2. The van der Waals surface area contributed by atoms with Crippen molar-refractivity contribution >= 4 is 40.0 Å². The highest BCUT2D eigenvalue weighted by molar-refractivity contribution is 5.97. The highest BCUT2D eigenvalue weighted by Gasteiger charge is 2.37. The number of nitriles is 1. The zero-order valence-corrected chi connectivity index (χ0v) is 49.8. The topological polar surface area (TPSA) is 216 Å². The lowest BCUT2D eigenvalue weighted by Crippen LogP contribution is -2.55. The monoisotopic (exact) mass is 1150 g/mol. The van der Waals surface area contributed by atoms with E-state index in [0.29, 0.717) is 68.2 Å². The van der Waals surface area contributed by atoms with Gasteiger partial charge in [-0.25, -0.2) is 0 Å². The second kappa shape index (κ2) is 25.6. The van der Waals surface area contributed by atoms with E-state index in [9.17, 15) is 29.9 Å². The summed E-state index contributed by atoms with van der Waals surface area (Å²) >= 11 is 0. The van der Waals surface area contributed by atoms with Crippen LogP contribution in [0.2, 0.25) is 0 Å². The largest absolute Gasteiger partial charge is 0.508 e. The lowest BCUT2D eigenvalue weighted by atomic mass is 9.94. The van der Waals surface area contributed by atoms with Gasteiger partial charge in [0.2, 0.25) is 17.6 Å². The number of phenolic OH excluding ortho intramolecular Hbond substituents is 2. The number of carbonyl (C=O) groups is 3. The number of hydrogen-bond donors (Lipinski definition) is 3. The summed E-state index contributed by atoms with van der Waals surface area (Å²) in [4.78, 5) is 66.3. The Kier molecular flexibility index (Phi) is 17.7. The van der Waals surface area contributed by atoms with Crippen molar-refractivity contribution < 1.29 is 29.3 Å². The first-order chi connectivity index (χ1) is 41.2. The Balaban J connectivity index is 0.677. The number of rotatable bonds is 17. The summed E-state index contributed by atoms with van der Waals surface area (Å²) in [6.07, 6.45) is 5.94. The molecule has 0 spiro atoms. The van der Waals surface area contributed by atoms with E-state index in [1.54, 1.807) is 15.5 Å². The van der Waals surface area contributed by atoms with Crippen molar-refractivity contribution in [3.8, 4) is 40.7 Å². The molecule has 20 heteroatoms. The molecular weight excluding hydrogens is 1070 g/mol. The number of hydrogen-bond acceptors (Lipinski definition) is 16. The first kappa shape index (κ1) is 58.6. The van der Waals surface area contributed by atoms with Gasteiger partial charge in [0.1, 0.15) is 23.9 Å². The fourth-order valence-corrected chi connectivity index (χ4v) is 13.5. The quantitative estimate of drug-likeness (QED) is 0.0780. The Bertz CT molecular complexity index is 3470. The van der Waals surface area contributed by atoms with Crippen molar-refractivity contribution in [3.63, 3.8) is 0 Å². The van der Waals surface area contributed by atoms with Crippen LogP contribution in [-0.4, -0.2) is 187 Å². The molecule has 20 nitrogen and oxygen atoms in total. The lowest BCUT2D eigenvalue weighted by Gasteiger charge is -2.42. The van der Waals surface area contributed by atoms with Gasteiger partial charge < -0.3 is 39.9 Å². The van der Waals surface area contributed by atoms with Crippen LogP contribution in [0.1, 0.15) is 97.4 Å². The fourth-order valence-electron chi connectivity index (χ4n) is 13.5. The van der Waals surface area contributed by atoms with Gasteiger partial charge >= 0.3 is 6.01 Å². The maximum atomic E-state index is 14.0. The molecule has 0 unspecified atom stereocenters. The highest BCUT2D eigenvalue weighted by Crippen LogP contribution is 2.40. The fraction of sp³-hybridized carbons (Fsp3) is 0.477. The number of piperidine rings is 1. The van der Waals surface area contributed by atoms with Crippen molar-refractivity contribution in [2.24, 2.45) is 5.92 Å². The smallest absolute Gasteiger partial charge is 0.318 e. The molecule has 2 aromatic heterocycles. The number of benzene rings is 4. The molecular formula is C65H80N14O6.